The second kappa shape index (κ2) is 6.57. The van der Waals surface area contributed by atoms with Crippen molar-refractivity contribution in [2.24, 2.45) is 7.05 Å². The van der Waals surface area contributed by atoms with Crippen LogP contribution < -0.4 is 5.32 Å². The predicted molar refractivity (Wildman–Crippen MR) is 88.5 cm³/mol. The van der Waals surface area contributed by atoms with Gasteiger partial charge in [-0.15, -0.1) is 0 Å². The first-order valence-electron chi connectivity index (χ1n) is 7.48. The van der Waals surface area contributed by atoms with Crippen LogP contribution in [0.2, 0.25) is 0 Å². The van der Waals surface area contributed by atoms with E-state index in [1.165, 1.54) is 6.07 Å². The summed E-state index contributed by atoms with van der Waals surface area (Å²) in [5.74, 6) is -0.0304. The molecule has 0 aliphatic carbocycles. The van der Waals surface area contributed by atoms with Crippen LogP contribution in [-0.2, 0) is 11.8 Å². The van der Waals surface area contributed by atoms with E-state index in [2.05, 4.69) is 20.4 Å². The van der Waals surface area contributed by atoms with Crippen molar-refractivity contribution in [3.8, 4) is 22.5 Å². The second-order valence-electron chi connectivity index (χ2n) is 5.26. The second-order valence-corrected chi connectivity index (χ2v) is 5.26. The van der Waals surface area contributed by atoms with E-state index in [-0.39, 0.29) is 5.91 Å². The Morgan fingerprint density at radius 1 is 1.29 bits per heavy atom. The summed E-state index contributed by atoms with van der Waals surface area (Å²) in [6.45, 7) is 1.78. The number of hydrogen-bond acceptors (Lipinski definition) is 4. The zero-order chi connectivity index (χ0) is 17.1. The third-order valence-corrected chi connectivity index (χ3v) is 3.46. The minimum absolute atomic E-state index is 0.105. The van der Waals surface area contributed by atoms with E-state index in [4.69, 9.17) is 0 Å². The quantitative estimate of drug-likeness (QED) is 0.800. The number of pyridine rings is 2. The summed E-state index contributed by atoms with van der Waals surface area (Å²) in [5, 5.41) is 7.15. The first kappa shape index (κ1) is 15.8. The fourth-order valence-corrected chi connectivity index (χ4v) is 2.30. The van der Waals surface area contributed by atoms with E-state index in [9.17, 15) is 9.18 Å². The van der Waals surface area contributed by atoms with Gasteiger partial charge in [-0.1, -0.05) is 6.92 Å². The Morgan fingerprint density at radius 3 is 2.83 bits per heavy atom. The van der Waals surface area contributed by atoms with E-state index < -0.39 is 5.82 Å². The average Bonchev–Trinajstić information content (AvgIpc) is 2.97. The van der Waals surface area contributed by atoms with Gasteiger partial charge in [0.25, 0.3) is 0 Å². The van der Waals surface area contributed by atoms with Gasteiger partial charge in [0.1, 0.15) is 17.3 Å². The Kier molecular flexibility index (Phi) is 4.33. The number of nitrogens with zero attached hydrogens (tertiary/aromatic N) is 4. The molecule has 0 aromatic carbocycles. The Labute approximate surface area is 138 Å². The van der Waals surface area contributed by atoms with E-state index >= 15 is 0 Å². The summed E-state index contributed by atoms with van der Waals surface area (Å²) in [6.07, 6.45) is 5.01. The van der Waals surface area contributed by atoms with Crippen molar-refractivity contribution in [2.45, 2.75) is 13.3 Å². The summed E-state index contributed by atoms with van der Waals surface area (Å²) in [5.41, 5.74) is 2.87. The van der Waals surface area contributed by atoms with Crippen molar-refractivity contribution in [1.82, 2.24) is 19.7 Å². The number of aromatic nitrogens is 4. The molecule has 0 saturated carbocycles. The lowest BCUT2D eigenvalue weighted by molar-refractivity contribution is -0.115. The zero-order valence-electron chi connectivity index (χ0n) is 13.3. The molecule has 122 valence electrons. The third kappa shape index (κ3) is 3.29. The fourth-order valence-electron chi connectivity index (χ4n) is 2.30. The van der Waals surface area contributed by atoms with Gasteiger partial charge in [0.15, 0.2) is 0 Å². The highest BCUT2D eigenvalue weighted by Gasteiger charge is 2.14. The number of hydrogen-bond donors (Lipinski definition) is 1. The van der Waals surface area contributed by atoms with Gasteiger partial charge in [-0.25, -0.2) is 9.37 Å². The predicted octanol–water partition coefficient (Wildman–Crippen LogP) is 3.03. The van der Waals surface area contributed by atoms with Crippen molar-refractivity contribution < 1.29 is 9.18 Å². The van der Waals surface area contributed by atoms with Crippen LogP contribution in [0.15, 0.2) is 42.9 Å². The first-order chi connectivity index (χ1) is 11.6. The highest BCUT2D eigenvalue weighted by Crippen LogP contribution is 2.30. The van der Waals surface area contributed by atoms with E-state index in [0.717, 1.165) is 17.3 Å². The SMILES string of the molecule is CCC(=O)Nc1cc(-c2cn(C)nc2-c2ccc(F)cn2)ccn1. The Hall–Kier alpha value is -3.09. The number of aryl methyl sites for hydroxylation is 1. The molecule has 6 nitrogen and oxygen atoms in total. The number of nitrogens with one attached hydrogen (secondary N) is 1. The van der Waals surface area contributed by atoms with Crippen molar-refractivity contribution in [3.63, 3.8) is 0 Å². The van der Waals surface area contributed by atoms with E-state index in [1.807, 2.05) is 12.3 Å². The molecule has 1 N–H and O–H groups in total. The monoisotopic (exact) mass is 325 g/mol. The molecular formula is C17H16FN5O. The summed E-state index contributed by atoms with van der Waals surface area (Å²) < 4.78 is 14.8. The van der Waals surface area contributed by atoms with Crippen LogP contribution in [0, 0.1) is 5.82 Å². The summed E-state index contributed by atoms with van der Waals surface area (Å²) in [6, 6.07) is 6.53. The Bertz CT molecular complexity index is 873. The van der Waals surface area contributed by atoms with Gasteiger partial charge in [0.2, 0.25) is 5.91 Å². The topological polar surface area (TPSA) is 72.7 Å². The van der Waals surface area contributed by atoms with E-state index in [0.29, 0.717) is 23.6 Å². The number of anilines is 1. The normalized spacial score (nSPS) is 10.6. The minimum atomic E-state index is -0.398. The van der Waals surface area contributed by atoms with Gasteiger partial charge in [-0.3, -0.25) is 14.5 Å². The molecule has 3 rings (SSSR count). The molecule has 0 atom stereocenters. The standard InChI is InChI=1S/C17H16FN5O/c1-3-16(24)21-15-8-11(6-7-19-15)13-10-23(2)22-17(13)14-5-4-12(18)9-20-14/h4-10H,3H2,1-2H3,(H,19,21,24). The van der Waals surface area contributed by atoms with E-state index in [1.54, 1.807) is 37.0 Å². The zero-order valence-corrected chi connectivity index (χ0v) is 13.3. The van der Waals surface area contributed by atoms with Crippen molar-refractivity contribution >= 4 is 11.7 Å². The fraction of sp³-hybridized carbons (Fsp3) is 0.176. The van der Waals surface area contributed by atoms with Crippen molar-refractivity contribution in [1.29, 1.82) is 0 Å². The third-order valence-electron chi connectivity index (χ3n) is 3.46. The molecule has 24 heavy (non-hydrogen) atoms. The van der Waals surface area contributed by atoms with Crippen molar-refractivity contribution in [3.05, 3.63) is 48.7 Å². The largest absolute Gasteiger partial charge is 0.311 e. The molecule has 1 amide bonds. The highest BCUT2D eigenvalue weighted by atomic mass is 19.1. The van der Waals surface area contributed by atoms with Gasteiger partial charge in [-0.05, 0) is 29.8 Å². The number of rotatable bonds is 4. The number of carbonyl (C=O) groups excluding carboxylic acids is 1. The molecule has 3 aromatic rings. The summed E-state index contributed by atoms with van der Waals surface area (Å²) in [4.78, 5) is 19.8. The summed E-state index contributed by atoms with van der Waals surface area (Å²) in [7, 11) is 1.80. The van der Waals surface area contributed by atoms with Crippen molar-refractivity contribution in [2.75, 3.05) is 5.32 Å². The maximum atomic E-state index is 13.1. The van der Waals surface area contributed by atoms with Gasteiger partial charge >= 0.3 is 0 Å². The smallest absolute Gasteiger partial charge is 0.225 e. The van der Waals surface area contributed by atoms with Crippen LogP contribution in [0.1, 0.15) is 13.3 Å². The van der Waals surface area contributed by atoms with Gasteiger partial charge in [0.05, 0.1) is 11.9 Å². The molecule has 0 spiro atoms. The molecule has 0 radical (unpaired) electrons. The lowest BCUT2D eigenvalue weighted by Gasteiger charge is -2.06. The minimum Gasteiger partial charge on any atom is -0.311 e. The van der Waals surface area contributed by atoms with Gasteiger partial charge in [-0.2, -0.15) is 5.10 Å². The molecule has 3 heterocycles. The lowest BCUT2D eigenvalue weighted by Crippen LogP contribution is -2.10. The average molecular weight is 325 g/mol. The van der Waals surface area contributed by atoms with Crippen LogP contribution in [0.25, 0.3) is 22.5 Å². The maximum Gasteiger partial charge on any atom is 0.225 e. The van der Waals surface area contributed by atoms with Crippen LogP contribution in [0.4, 0.5) is 10.2 Å². The molecule has 7 heteroatoms. The number of carbonyl (C=O) groups is 1. The Morgan fingerprint density at radius 2 is 2.12 bits per heavy atom. The van der Waals surface area contributed by atoms with Gasteiger partial charge < -0.3 is 5.32 Å². The summed E-state index contributed by atoms with van der Waals surface area (Å²) >= 11 is 0. The number of amides is 1. The van der Waals surface area contributed by atoms with Crippen LogP contribution in [0.3, 0.4) is 0 Å². The maximum absolute atomic E-state index is 13.1. The molecule has 0 unspecified atom stereocenters. The molecule has 0 aliphatic heterocycles. The lowest BCUT2D eigenvalue weighted by atomic mass is 10.1. The molecule has 0 aliphatic rings. The molecule has 0 bridgehead atoms. The van der Waals surface area contributed by atoms with Crippen LogP contribution in [0.5, 0.6) is 0 Å². The molecule has 3 aromatic heterocycles. The van der Waals surface area contributed by atoms with Crippen LogP contribution in [-0.4, -0.2) is 25.7 Å². The first-order valence-corrected chi connectivity index (χ1v) is 7.48. The Balaban J connectivity index is 2.02. The van der Waals surface area contributed by atoms with Gasteiger partial charge in [0, 0.05) is 31.4 Å². The van der Waals surface area contributed by atoms with Crippen LogP contribution >= 0.6 is 0 Å². The highest BCUT2D eigenvalue weighted by molar-refractivity contribution is 5.90. The molecule has 0 fully saturated rings. The molecular weight excluding hydrogens is 309 g/mol. The molecule has 0 saturated heterocycles. The number of halogens is 1.